The van der Waals surface area contributed by atoms with Crippen LogP contribution >= 0.6 is 0 Å². The van der Waals surface area contributed by atoms with Gasteiger partial charge in [0, 0.05) is 38.8 Å². The van der Waals surface area contributed by atoms with Gasteiger partial charge < -0.3 is 35.6 Å². The summed E-state index contributed by atoms with van der Waals surface area (Å²) in [5.41, 5.74) is 0. The lowest BCUT2D eigenvalue weighted by molar-refractivity contribution is -0.142. The SMILES string of the molecule is CCCCCCCCCCCCCC(=O)NCCOCCOCCC(=O)NCC(NC(=O)CCCCCCCCCCCCCCCCC(=O)O)C(=O)O. The Labute approximate surface area is 327 Å². The van der Waals surface area contributed by atoms with E-state index in [4.69, 9.17) is 14.6 Å². The third kappa shape index (κ3) is 39.0. The highest BCUT2D eigenvalue weighted by molar-refractivity contribution is 5.84. The Morgan fingerprint density at radius 3 is 1.28 bits per heavy atom. The minimum Gasteiger partial charge on any atom is -0.481 e. The van der Waals surface area contributed by atoms with Gasteiger partial charge in [-0.2, -0.15) is 0 Å². The first kappa shape index (κ1) is 51.3. The first-order valence-electron chi connectivity index (χ1n) is 21.7. The molecule has 0 bridgehead atoms. The zero-order valence-corrected chi connectivity index (χ0v) is 34.1. The molecule has 54 heavy (non-hydrogen) atoms. The largest absolute Gasteiger partial charge is 0.481 e. The highest BCUT2D eigenvalue weighted by atomic mass is 16.5. The van der Waals surface area contributed by atoms with Gasteiger partial charge in [0.25, 0.3) is 0 Å². The number of amides is 3. The van der Waals surface area contributed by atoms with Crippen LogP contribution in [0.15, 0.2) is 0 Å². The second-order valence-corrected chi connectivity index (χ2v) is 14.7. The number of carbonyl (C=O) groups is 5. The summed E-state index contributed by atoms with van der Waals surface area (Å²) in [4.78, 5) is 58.5. The van der Waals surface area contributed by atoms with Crippen molar-refractivity contribution in [1.29, 1.82) is 0 Å². The molecule has 12 heteroatoms. The van der Waals surface area contributed by atoms with E-state index in [9.17, 15) is 29.1 Å². The van der Waals surface area contributed by atoms with E-state index in [-0.39, 0.29) is 50.1 Å². The smallest absolute Gasteiger partial charge is 0.328 e. The third-order valence-corrected chi connectivity index (χ3v) is 9.60. The Morgan fingerprint density at radius 2 is 0.833 bits per heavy atom. The van der Waals surface area contributed by atoms with Crippen LogP contribution in [0.2, 0.25) is 0 Å². The normalized spacial score (nSPS) is 11.6. The predicted octanol–water partition coefficient (Wildman–Crippen LogP) is 8.24. The number of hydrogen-bond acceptors (Lipinski definition) is 7. The van der Waals surface area contributed by atoms with E-state index in [1.54, 1.807) is 0 Å². The number of hydrogen-bond donors (Lipinski definition) is 5. The number of carboxylic acid groups (broad SMARTS) is 2. The summed E-state index contributed by atoms with van der Waals surface area (Å²) in [6.07, 6.45) is 30.2. The molecule has 0 aliphatic heterocycles. The summed E-state index contributed by atoms with van der Waals surface area (Å²) >= 11 is 0. The maximum Gasteiger partial charge on any atom is 0.328 e. The van der Waals surface area contributed by atoms with E-state index < -0.39 is 18.0 Å². The average Bonchev–Trinajstić information content (AvgIpc) is 3.14. The van der Waals surface area contributed by atoms with Crippen LogP contribution in [0.3, 0.4) is 0 Å². The quantitative estimate of drug-likeness (QED) is 0.0382. The van der Waals surface area contributed by atoms with Crippen molar-refractivity contribution in [2.24, 2.45) is 0 Å². The lowest BCUT2D eigenvalue weighted by Crippen LogP contribution is -2.48. The standard InChI is InChI=1S/C42H79N3O9/c1-2-3-4-5-6-7-12-15-18-21-24-27-38(46)43-31-33-54-35-34-53-32-30-39(47)44-36-37(42(51)52)45-40(48)28-25-22-19-16-13-10-8-9-11-14-17-20-23-26-29-41(49)50/h37H,2-36H2,1H3,(H,43,46)(H,44,47)(H,45,48)(H,49,50)(H,51,52). The lowest BCUT2D eigenvalue weighted by Gasteiger charge is -2.15. The number of carboxylic acids is 2. The van der Waals surface area contributed by atoms with Gasteiger partial charge in [0.2, 0.25) is 17.7 Å². The minimum absolute atomic E-state index is 0.0537. The molecule has 316 valence electrons. The molecule has 12 nitrogen and oxygen atoms in total. The van der Waals surface area contributed by atoms with E-state index in [2.05, 4.69) is 22.9 Å². The van der Waals surface area contributed by atoms with Crippen molar-refractivity contribution < 1.29 is 43.7 Å². The topological polar surface area (TPSA) is 180 Å². The highest BCUT2D eigenvalue weighted by Crippen LogP contribution is 2.14. The Kier molecular flexibility index (Phi) is 37.9. The summed E-state index contributed by atoms with van der Waals surface area (Å²) in [6, 6.07) is -1.19. The molecular formula is C42H79N3O9. The molecule has 0 aliphatic rings. The Morgan fingerprint density at radius 1 is 0.444 bits per heavy atom. The third-order valence-electron chi connectivity index (χ3n) is 9.60. The maximum atomic E-state index is 12.3. The van der Waals surface area contributed by atoms with Gasteiger partial charge in [0.1, 0.15) is 6.04 Å². The molecule has 0 aromatic carbocycles. The average molecular weight is 770 g/mol. The molecule has 1 unspecified atom stereocenters. The number of unbranched alkanes of at least 4 members (excludes halogenated alkanes) is 23. The van der Waals surface area contributed by atoms with Crippen molar-refractivity contribution in [3.05, 3.63) is 0 Å². The lowest BCUT2D eigenvalue weighted by atomic mass is 10.0. The highest BCUT2D eigenvalue weighted by Gasteiger charge is 2.20. The fourth-order valence-corrected chi connectivity index (χ4v) is 6.24. The molecule has 0 spiro atoms. The van der Waals surface area contributed by atoms with Gasteiger partial charge in [-0.05, 0) is 19.3 Å². The first-order chi connectivity index (χ1) is 26.3. The van der Waals surface area contributed by atoms with Crippen LogP contribution in [0.1, 0.15) is 193 Å². The zero-order chi connectivity index (χ0) is 39.7. The molecule has 0 saturated heterocycles. The number of nitrogens with one attached hydrogen (secondary N) is 3. The second kappa shape index (κ2) is 39.9. The minimum atomic E-state index is -1.20. The van der Waals surface area contributed by atoms with Gasteiger partial charge in [0.05, 0.1) is 26.4 Å². The number of ether oxygens (including phenoxy) is 2. The van der Waals surface area contributed by atoms with E-state index in [1.807, 2.05) is 0 Å². The Bertz CT molecular complexity index is 935. The van der Waals surface area contributed by atoms with Crippen molar-refractivity contribution in [2.75, 3.05) is 39.5 Å². The van der Waals surface area contributed by atoms with E-state index in [0.29, 0.717) is 39.2 Å². The van der Waals surface area contributed by atoms with Crippen molar-refractivity contribution in [3.8, 4) is 0 Å². The molecule has 0 aromatic heterocycles. The van der Waals surface area contributed by atoms with Crippen LogP contribution in [0.5, 0.6) is 0 Å². The van der Waals surface area contributed by atoms with Gasteiger partial charge in [-0.1, -0.05) is 148 Å². The van der Waals surface area contributed by atoms with Crippen LogP contribution < -0.4 is 16.0 Å². The molecule has 0 aromatic rings. The molecule has 0 radical (unpaired) electrons. The molecule has 0 heterocycles. The first-order valence-corrected chi connectivity index (χ1v) is 21.7. The molecule has 0 aliphatic carbocycles. The van der Waals surface area contributed by atoms with Gasteiger partial charge >= 0.3 is 11.9 Å². The summed E-state index contributed by atoms with van der Waals surface area (Å²) in [5.74, 6) is -2.54. The summed E-state index contributed by atoms with van der Waals surface area (Å²) in [7, 11) is 0. The van der Waals surface area contributed by atoms with Crippen molar-refractivity contribution in [2.45, 2.75) is 199 Å². The zero-order valence-electron chi connectivity index (χ0n) is 34.1. The van der Waals surface area contributed by atoms with Crippen LogP contribution in [-0.2, 0) is 33.4 Å². The van der Waals surface area contributed by atoms with Gasteiger partial charge in [-0.25, -0.2) is 4.79 Å². The number of carbonyl (C=O) groups excluding carboxylic acids is 3. The molecule has 5 N–H and O–H groups in total. The summed E-state index contributed by atoms with van der Waals surface area (Å²) in [5, 5.41) is 26.1. The molecule has 0 rings (SSSR count). The monoisotopic (exact) mass is 770 g/mol. The fraction of sp³-hybridized carbons (Fsp3) is 0.881. The van der Waals surface area contributed by atoms with Gasteiger partial charge in [-0.15, -0.1) is 0 Å². The molecule has 1 atom stereocenters. The van der Waals surface area contributed by atoms with Crippen molar-refractivity contribution in [3.63, 3.8) is 0 Å². The van der Waals surface area contributed by atoms with E-state index in [1.165, 1.54) is 103 Å². The second-order valence-electron chi connectivity index (χ2n) is 14.7. The van der Waals surface area contributed by atoms with Crippen LogP contribution in [0.4, 0.5) is 0 Å². The van der Waals surface area contributed by atoms with E-state index >= 15 is 0 Å². The Hall–Kier alpha value is -2.73. The van der Waals surface area contributed by atoms with Crippen LogP contribution in [0, 0.1) is 0 Å². The van der Waals surface area contributed by atoms with Gasteiger partial charge in [0.15, 0.2) is 0 Å². The number of rotatable bonds is 42. The fourth-order valence-electron chi connectivity index (χ4n) is 6.24. The predicted molar refractivity (Wildman–Crippen MR) is 214 cm³/mol. The summed E-state index contributed by atoms with van der Waals surface area (Å²) < 4.78 is 10.9. The summed E-state index contributed by atoms with van der Waals surface area (Å²) in [6.45, 7) is 3.69. The molecule has 0 fully saturated rings. The molecule has 3 amide bonds. The number of aliphatic carboxylic acids is 2. The van der Waals surface area contributed by atoms with Crippen LogP contribution in [-0.4, -0.2) is 85.4 Å². The van der Waals surface area contributed by atoms with Gasteiger partial charge in [-0.3, -0.25) is 19.2 Å². The Balaban J connectivity index is 3.62. The van der Waals surface area contributed by atoms with Crippen molar-refractivity contribution in [1.82, 2.24) is 16.0 Å². The maximum absolute atomic E-state index is 12.3. The molecular weight excluding hydrogens is 690 g/mol. The van der Waals surface area contributed by atoms with Crippen molar-refractivity contribution >= 4 is 29.7 Å². The van der Waals surface area contributed by atoms with Crippen LogP contribution in [0.25, 0.3) is 0 Å². The molecule has 0 saturated carbocycles. The van der Waals surface area contributed by atoms with E-state index in [0.717, 1.165) is 51.4 Å².